The minimum atomic E-state index is -0.772. The first-order chi connectivity index (χ1) is 11.0. The van der Waals surface area contributed by atoms with Crippen LogP contribution < -0.4 is 0 Å². The molecule has 0 saturated heterocycles. The van der Waals surface area contributed by atoms with Crippen molar-refractivity contribution < 1.29 is 9.90 Å². The maximum absolute atomic E-state index is 11.4. The van der Waals surface area contributed by atoms with Gasteiger partial charge in [0.05, 0.1) is 6.42 Å². The molecule has 2 aromatic carbocycles. The van der Waals surface area contributed by atoms with Gasteiger partial charge in [0.25, 0.3) is 0 Å². The Bertz CT molecular complexity index is 734. The third kappa shape index (κ3) is 3.35. The van der Waals surface area contributed by atoms with Crippen molar-refractivity contribution in [3.05, 3.63) is 77.4 Å². The van der Waals surface area contributed by atoms with Crippen LogP contribution in [0.2, 0.25) is 0 Å². The summed E-state index contributed by atoms with van der Waals surface area (Å²) in [6.45, 7) is 7.68. The number of aryl methyl sites for hydroxylation is 1. The predicted molar refractivity (Wildman–Crippen MR) is 92.1 cm³/mol. The molecule has 3 heteroatoms. The highest BCUT2D eigenvalue weighted by Gasteiger charge is 2.30. The van der Waals surface area contributed by atoms with Crippen LogP contribution in [-0.4, -0.2) is 22.5 Å². The summed E-state index contributed by atoms with van der Waals surface area (Å²) in [5.41, 5.74) is 5.63. The van der Waals surface area contributed by atoms with E-state index in [1.807, 2.05) is 24.3 Å². The van der Waals surface area contributed by atoms with E-state index in [1.54, 1.807) is 0 Å². The van der Waals surface area contributed by atoms with Crippen LogP contribution >= 0.6 is 0 Å². The van der Waals surface area contributed by atoms with Crippen LogP contribution in [-0.2, 0) is 11.3 Å². The summed E-state index contributed by atoms with van der Waals surface area (Å²) in [7, 11) is 0. The van der Waals surface area contributed by atoms with Gasteiger partial charge in [0.2, 0.25) is 0 Å². The molecular formula is C20H21NO2. The number of rotatable bonds is 4. The van der Waals surface area contributed by atoms with E-state index in [2.05, 4.69) is 42.7 Å². The summed E-state index contributed by atoms with van der Waals surface area (Å²) in [5, 5.41) is 9.33. The molecule has 3 nitrogen and oxygen atoms in total. The number of hydrogen-bond acceptors (Lipinski definition) is 2. The highest BCUT2D eigenvalue weighted by molar-refractivity contribution is 5.73. The largest absolute Gasteiger partial charge is 0.481 e. The fraction of sp³-hybridized carbons (Fsp3) is 0.250. The molecule has 1 atom stereocenters. The molecule has 118 valence electrons. The van der Waals surface area contributed by atoms with Crippen molar-refractivity contribution in [3.8, 4) is 0 Å². The van der Waals surface area contributed by atoms with Crippen LogP contribution in [0.15, 0.2) is 55.1 Å². The van der Waals surface area contributed by atoms with E-state index in [4.69, 9.17) is 0 Å². The molecule has 0 aromatic heterocycles. The lowest BCUT2D eigenvalue weighted by Gasteiger charge is -2.37. The average Bonchev–Trinajstić information content (AvgIpc) is 2.53. The molecule has 1 unspecified atom stereocenters. The summed E-state index contributed by atoms with van der Waals surface area (Å²) in [5.74, 6) is -0.772. The lowest BCUT2D eigenvalue weighted by molar-refractivity contribution is -0.138. The molecule has 2 aromatic rings. The van der Waals surface area contributed by atoms with E-state index in [1.165, 1.54) is 11.1 Å². The third-order valence-electron chi connectivity index (χ3n) is 4.41. The summed E-state index contributed by atoms with van der Waals surface area (Å²) < 4.78 is 0. The van der Waals surface area contributed by atoms with Crippen LogP contribution in [0.25, 0.3) is 5.57 Å². The molecule has 1 aliphatic rings. The van der Waals surface area contributed by atoms with Gasteiger partial charge in [-0.3, -0.25) is 9.69 Å². The minimum absolute atomic E-state index is 0.107. The molecule has 0 bridgehead atoms. The summed E-state index contributed by atoms with van der Waals surface area (Å²) in [4.78, 5) is 13.6. The Kier molecular flexibility index (Phi) is 4.30. The summed E-state index contributed by atoms with van der Waals surface area (Å²) >= 11 is 0. The van der Waals surface area contributed by atoms with Crippen LogP contribution in [0.3, 0.4) is 0 Å². The van der Waals surface area contributed by atoms with Crippen molar-refractivity contribution in [3.63, 3.8) is 0 Å². The molecule has 1 aliphatic heterocycles. The fourth-order valence-electron chi connectivity index (χ4n) is 3.25. The van der Waals surface area contributed by atoms with E-state index in [0.717, 1.165) is 23.2 Å². The lowest BCUT2D eigenvalue weighted by atomic mass is 9.88. The van der Waals surface area contributed by atoms with E-state index in [9.17, 15) is 9.90 Å². The first kappa shape index (κ1) is 15.5. The molecule has 0 saturated carbocycles. The highest BCUT2D eigenvalue weighted by Crippen LogP contribution is 2.37. The Morgan fingerprint density at radius 3 is 2.61 bits per heavy atom. The molecule has 3 rings (SSSR count). The molecule has 0 radical (unpaired) electrons. The number of fused-ring (bicyclic) bond motifs is 1. The highest BCUT2D eigenvalue weighted by atomic mass is 16.4. The zero-order chi connectivity index (χ0) is 16.4. The molecular weight excluding hydrogens is 286 g/mol. The van der Waals surface area contributed by atoms with Gasteiger partial charge in [0.1, 0.15) is 0 Å². The maximum Gasteiger partial charge on any atom is 0.305 e. The van der Waals surface area contributed by atoms with E-state index >= 15 is 0 Å². The van der Waals surface area contributed by atoms with Crippen molar-refractivity contribution in [1.29, 1.82) is 0 Å². The Balaban J connectivity index is 1.93. The van der Waals surface area contributed by atoms with Crippen LogP contribution in [0.4, 0.5) is 0 Å². The summed E-state index contributed by atoms with van der Waals surface area (Å²) in [6, 6.07) is 16.3. The van der Waals surface area contributed by atoms with E-state index in [0.29, 0.717) is 6.54 Å². The zero-order valence-electron chi connectivity index (χ0n) is 13.3. The zero-order valence-corrected chi connectivity index (χ0v) is 13.3. The number of carboxylic acid groups (broad SMARTS) is 1. The van der Waals surface area contributed by atoms with Gasteiger partial charge in [-0.2, -0.15) is 0 Å². The monoisotopic (exact) mass is 307 g/mol. The van der Waals surface area contributed by atoms with Crippen LogP contribution in [0.1, 0.15) is 34.7 Å². The number of carboxylic acids is 1. The number of benzene rings is 2. The Hall–Kier alpha value is -2.39. The fourth-order valence-corrected chi connectivity index (χ4v) is 3.25. The van der Waals surface area contributed by atoms with Crippen molar-refractivity contribution in [1.82, 2.24) is 4.90 Å². The van der Waals surface area contributed by atoms with Crippen molar-refractivity contribution in [2.45, 2.75) is 25.9 Å². The van der Waals surface area contributed by atoms with Crippen LogP contribution in [0.5, 0.6) is 0 Å². The molecule has 0 amide bonds. The van der Waals surface area contributed by atoms with Crippen molar-refractivity contribution >= 4 is 11.5 Å². The van der Waals surface area contributed by atoms with Gasteiger partial charge in [-0.05, 0) is 29.2 Å². The lowest BCUT2D eigenvalue weighted by Crippen LogP contribution is -2.35. The first-order valence-electron chi connectivity index (χ1n) is 7.83. The predicted octanol–water partition coefficient (Wildman–Crippen LogP) is 4.04. The molecule has 1 heterocycles. The topological polar surface area (TPSA) is 40.5 Å². The molecule has 0 aliphatic carbocycles. The first-order valence-corrected chi connectivity index (χ1v) is 7.83. The van der Waals surface area contributed by atoms with Gasteiger partial charge in [-0.25, -0.2) is 0 Å². The Morgan fingerprint density at radius 2 is 1.91 bits per heavy atom. The van der Waals surface area contributed by atoms with E-state index < -0.39 is 5.97 Å². The second kappa shape index (κ2) is 6.39. The Morgan fingerprint density at radius 1 is 1.22 bits per heavy atom. The van der Waals surface area contributed by atoms with E-state index in [-0.39, 0.29) is 12.5 Å². The second-order valence-electron chi connectivity index (χ2n) is 6.20. The van der Waals surface area contributed by atoms with Gasteiger partial charge in [-0.15, -0.1) is 0 Å². The standard InChI is InChI=1S/C20H21NO2/c1-14-7-9-16(10-8-14)13-21-12-15(2)17-5-3-4-6-18(17)19(21)11-20(22)23/h3-10,19H,2,11-13H2,1H3,(H,22,23). The Labute approximate surface area is 136 Å². The number of aliphatic carboxylic acids is 1. The number of carbonyl (C=O) groups is 1. The van der Waals surface area contributed by atoms with Gasteiger partial charge >= 0.3 is 5.97 Å². The normalized spacial score (nSPS) is 17.8. The smallest absolute Gasteiger partial charge is 0.305 e. The van der Waals surface area contributed by atoms with Gasteiger partial charge in [-0.1, -0.05) is 60.7 Å². The second-order valence-corrected chi connectivity index (χ2v) is 6.20. The SMILES string of the molecule is C=C1CN(Cc2ccc(C)cc2)C(CC(=O)O)c2ccccc21. The quantitative estimate of drug-likeness (QED) is 0.926. The maximum atomic E-state index is 11.4. The van der Waals surface area contributed by atoms with Crippen molar-refractivity contribution in [2.75, 3.05) is 6.54 Å². The molecule has 0 fully saturated rings. The number of hydrogen-bond donors (Lipinski definition) is 1. The van der Waals surface area contributed by atoms with Gasteiger partial charge in [0.15, 0.2) is 0 Å². The third-order valence-corrected chi connectivity index (χ3v) is 4.41. The summed E-state index contributed by atoms with van der Waals surface area (Å²) in [6.07, 6.45) is 0.107. The van der Waals surface area contributed by atoms with Gasteiger partial charge in [0, 0.05) is 19.1 Å². The average molecular weight is 307 g/mol. The van der Waals surface area contributed by atoms with Crippen molar-refractivity contribution in [2.24, 2.45) is 0 Å². The van der Waals surface area contributed by atoms with Crippen LogP contribution in [0, 0.1) is 6.92 Å². The molecule has 0 spiro atoms. The molecule has 1 N–H and O–H groups in total. The number of nitrogens with zero attached hydrogens (tertiary/aromatic N) is 1. The van der Waals surface area contributed by atoms with Gasteiger partial charge < -0.3 is 5.11 Å². The molecule has 23 heavy (non-hydrogen) atoms. The minimum Gasteiger partial charge on any atom is -0.481 e.